The average Bonchev–Trinajstić information content (AvgIpc) is 2.16. The maximum absolute atomic E-state index is 10.5. The Morgan fingerprint density at radius 2 is 2.50 bits per heavy atom. The third-order valence-corrected chi connectivity index (χ3v) is 3.39. The van der Waals surface area contributed by atoms with E-state index in [0.717, 1.165) is 4.90 Å². The zero-order valence-corrected chi connectivity index (χ0v) is 9.18. The molecule has 0 bridgehead atoms. The maximum atomic E-state index is 10.5. The Kier molecular flexibility index (Phi) is 4.22. The van der Waals surface area contributed by atoms with Crippen LogP contribution < -0.4 is 0 Å². The van der Waals surface area contributed by atoms with Crippen molar-refractivity contribution in [2.24, 2.45) is 5.92 Å². The number of thioether (sulfide) groups is 1. The summed E-state index contributed by atoms with van der Waals surface area (Å²) < 4.78 is 0. The minimum Gasteiger partial charge on any atom is -0.481 e. The number of pyridine rings is 1. The molecule has 14 heavy (non-hydrogen) atoms. The van der Waals surface area contributed by atoms with Crippen molar-refractivity contribution in [2.45, 2.75) is 11.8 Å². The fraction of sp³-hybridized carbons (Fsp3) is 0.333. The number of aromatic nitrogens is 1. The minimum atomic E-state index is -0.789. The van der Waals surface area contributed by atoms with Crippen LogP contribution in [-0.2, 0) is 4.79 Å². The topological polar surface area (TPSA) is 50.2 Å². The molecular weight excluding hydrogens is 222 g/mol. The summed E-state index contributed by atoms with van der Waals surface area (Å²) in [5.41, 5.74) is 0. The third kappa shape index (κ3) is 3.20. The molecule has 5 heteroatoms. The molecule has 1 aromatic rings. The van der Waals surface area contributed by atoms with Gasteiger partial charge in [0.25, 0.3) is 0 Å². The molecule has 76 valence electrons. The van der Waals surface area contributed by atoms with Crippen LogP contribution in [0.1, 0.15) is 6.92 Å². The van der Waals surface area contributed by atoms with E-state index in [4.69, 9.17) is 16.7 Å². The molecule has 1 atom stereocenters. The van der Waals surface area contributed by atoms with Gasteiger partial charge in [-0.25, -0.2) is 0 Å². The summed E-state index contributed by atoms with van der Waals surface area (Å²) in [5, 5.41) is 9.24. The van der Waals surface area contributed by atoms with Crippen molar-refractivity contribution in [3.05, 3.63) is 23.5 Å². The number of rotatable bonds is 4. The lowest BCUT2D eigenvalue weighted by atomic mass is 10.2. The highest BCUT2D eigenvalue weighted by Crippen LogP contribution is 2.27. The van der Waals surface area contributed by atoms with Crippen LogP contribution in [0.3, 0.4) is 0 Å². The number of carboxylic acids is 1. The smallest absolute Gasteiger partial charge is 0.307 e. The van der Waals surface area contributed by atoms with E-state index in [1.807, 2.05) is 0 Å². The second kappa shape index (κ2) is 5.22. The fourth-order valence-corrected chi connectivity index (χ4v) is 1.97. The first-order chi connectivity index (χ1) is 6.61. The van der Waals surface area contributed by atoms with Crippen molar-refractivity contribution in [2.75, 3.05) is 5.75 Å². The standard InChI is InChI=1S/C9H10ClNO2S/c1-6(9(12)13)5-14-8-2-3-11-4-7(8)10/h2-4,6H,5H2,1H3,(H,12,13). The van der Waals surface area contributed by atoms with Crippen molar-refractivity contribution < 1.29 is 9.90 Å². The molecule has 0 aliphatic carbocycles. The van der Waals surface area contributed by atoms with E-state index in [2.05, 4.69) is 4.98 Å². The molecule has 0 spiro atoms. The molecule has 0 aromatic carbocycles. The molecule has 0 amide bonds. The summed E-state index contributed by atoms with van der Waals surface area (Å²) in [5.74, 6) is -0.647. The van der Waals surface area contributed by atoms with Crippen LogP contribution in [-0.4, -0.2) is 21.8 Å². The van der Waals surface area contributed by atoms with E-state index in [9.17, 15) is 4.79 Å². The van der Waals surface area contributed by atoms with Crippen LogP contribution in [0.4, 0.5) is 0 Å². The molecule has 0 saturated carbocycles. The molecule has 0 aliphatic rings. The number of halogens is 1. The van der Waals surface area contributed by atoms with Crippen molar-refractivity contribution in [1.29, 1.82) is 0 Å². The van der Waals surface area contributed by atoms with Gasteiger partial charge in [0.2, 0.25) is 0 Å². The first-order valence-electron chi connectivity index (χ1n) is 4.06. The SMILES string of the molecule is CC(CSc1ccncc1Cl)C(=O)O. The van der Waals surface area contributed by atoms with Crippen molar-refractivity contribution in [3.63, 3.8) is 0 Å². The Balaban J connectivity index is 2.54. The third-order valence-electron chi connectivity index (χ3n) is 1.65. The highest BCUT2D eigenvalue weighted by Gasteiger charge is 2.11. The van der Waals surface area contributed by atoms with E-state index in [0.29, 0.717) is 10.8 Å². The van der Waals surface area contributed by atoms with E-state index in [1.54, 1.807) is 25.4 Å². The van der Waals surface area contributed by atoms with Crippen molar-refractivity contribution in [1.82, 2.24) is 4.98 Å². The molecule has 0 fully saturated rings. The van der Waals surface area contributed by atoms with E-state index in [1.165, 1.54) is 11.8 Å². The minimum absolute atomic E-state index is 0.371. The Hall–Kier alpha value is -0.740. The average molecular weight is 232 g/mol. The molecule has 1 rings (SSSR count). The predicted molar refractivity (Wildman–Crippen MR) is 56.8 cm³/mol. The molecule has 3 nitrogen and oxygen atoms in total. The van der Waals surface area contributed by atoms with Crippen molar-refractivity contribution >= 4 is 29.3 Å². The molecule has 1 unspecified atom stereocenters. The first kappa shape index (κ1) is 11.3. The van der Waals surface area contributed by atoms with Gasteiger partial charge >= 0.3 is 5.97 Å². The second-order valence-corrected chi connectivity index (χ2v) is 4.33. The van der Waals surface area contributed by atoms with Gasteiger partial charge in [-0.2, -0.15) is 0 Å². The molecule has 1 heterocycles. The van der Waals surface area contributed by atoms with Gasteiger partial charge in [0.1, 0.15) is 0 Å². The van der Waals surface area contributed by atoms with Crippen LogP contribution in [0.15, 0.2) is 23.4 Å². The highest BCUT2D eigenvalue weighted by molar-refractivity contribution is 7.99. The van der Waals surface area contributed by atoms with Crippen LogP contribution in [0, 0.1) is 5.92 Å². The predicted octanol–water partition coefficient (Wildman–Crippen LogP) is 2.55. The number of hydrogen-bond acceptors (Lipinski definition) is 3. The lowest BCUT2D eigenvalue weighted by Crippen LogP contribution is -2.11. The largest absolute Gasteiger partial charge is 0.481 e. The highest BCUT2D eigenvalue weighted by atomic mass is 35.5. The van der Waals surface area contributed by atoms with E-state index in [-0.39, 0.29) is 5.92 Å². The van der Waals surface area contributed by atoms with Crippen LogP contribution in [0.25, 0.3) is 0 Å². The fourth-order valence-electron chi connectivity index (χ4n) is 0.766. The van der Waals surface area contributed by atoms with Crippen LogP contribution in [0.5, 0.6) is 0 Å². The molecule has 0 aliphatic heterocycles. The molecule has 0 saturated heterocycles. The number of hydrogen-bond donors (Lipinski definition) is 1. The number of carbonyl (C=O) groups is 1. The molecule has 0 radical (unpaired) electrons. The number of nitrogens with zero attached hydrogens (tertiary/aromatic N) is 1. The molecular formula is C9H10ClNO2S. The Morgan fingerprint density at radius 1 is 1.79 bits per heavy atom. The zero-order valence-electron chi connectivity index (χ0n) is 7.61. The van der Waals surface area contributed by atoms with Crippen molar-refractivity contribution in [3.8, 4) is 0 Å². The van der Waals surface area contributed by atoms with Gasteiger partial charge in [0.15, 0.2) is 0 Å². The van der Waals surface area contributed by atoms with Gasteiger partial charge in [-0.3, -0.25) is 9.78 Å². The van der Waals surface area contributed by atoms with Gasteiger partial charge in [-0.05, 0) is 6.07 Å². The summed E-state index contributed by atoms with van der Waals surface area (Å²) in [7, 11) is 0. The summed E-state index contributed by atoms with van der Waals surface area (Å²) in [6.45, 7) is 1.67. The molecule has 1 aromatic heterocycles. The summed E-state index contributed by atoms with van der Waals surface area (Å²) in [6.07, 6.45) is 3.19. The Morgan fingerprint density at radius 3 is 3.07 bits per heavy atom. The van der Waals surface area contributed by atoms with Gasteiger partial charge in [0, 0.05) is 23.0 Å². The lowest BCUT2D eigenvalue weighted by Gasteiger charge is -2.06. The van der Waals surface area contributed by atoms with Gasteiger partial charge in [-0.1, -0.05) is 18.5 Å². The lowest BCUT2D eigenvalue weighted by molar-refractivity contribution is -0.140. The Bertz CT molecular complexity index is 332. The zero-order chi connectivity index (χ0) is 10.6. The van der Waals surface area contributed by atoms with Gasteiger partial charge in [-0.15, -0.1) is 11.8 Å². The Labute approximate surface area is 91.5 Å². The maximum Gasteiger partial charge on any atom is 0.307 e. The van der Waals surface area contributed by atoms with Crippen LogP contribution >= 0.6 is 23.4 Å². The van der Waals surface area contributed by atoms with E-state index >= 15 is 0 Å². The number of carboxylic acid groups (broad SMARTS) is 1. The quantitative estimate of drug-likeness (QED) is 0.810. The van der Waals surface area contributed by atoms with Gasteiger partial charge in [0.05, 0.1) is 10.9 Å². The summed E-state index contributed by atoms with van der Waals surface area (Å²) >= 11 is 7.29. The summed E-state index contributed by atoms with van der Waals surface area (Å²) in [6, 6.07) is 1.78. The van der Waals surface area contributed by atoms with E-state index < -0.39 is 5.97 Å². The van der Waals surface area contributed by atoms with Gasteiger partial charge < -0.3 is 5.11 Å². The first-order valence-corrected chi connectivity index (χ1v) is 5.42. The normalized spacial score (nSPS) is 12.4. The summed E-state index contributed by atoms with van der Waals surface area (Å²) in [4.78, 5) is 15.3. The monoisotopic (exact) mass is 231 g/mol. The second-order valence-electron chi connectivity index (χ2n) is 2.86. The number of aliphatic carboxylic acids is 1. The molecule has 1 N–H and O–H groups in total. The van der Waals surface area contributed by atoms with Crippen LogP contribution in [0.2, 0.25) is 5.02 Å².